The normalized spacial score (nSPS) is 15.7. The minimum Gasteiger partial charge on any atom is -0.434 e. The van der Waals surface area contributed by atoms with Crippen molar-refractivity contribution in [2.45, 2.75) is 26.0 Å². The quantitative estimate of drug-likeness (QED) is 0.236. The SMILES string of the molecule is CC1(C)c2cc3ccccc3c3c2-c2c1cc1c4ccccc4ccc1[n+]2CO3. The lowest BCUT2D eigenvalue weighted by Gasteiger charge is -2.20. The molecule has 4 aromatic carbocycles. The van der Waals surface area contributed by atoms with Crippen LogP contribution in [-0.2, 0) is 12.1 Å². The molecule has 2 heterocycles. The zero-order valence-corrected chi connectivity index (χ0v) is 16.5. The molecule has 0 radical (unpaired) electrons. The van der Waals surface area contributed by atoms with Crippen LogP contribution in [0.25, 0.3) is 43.7 Å². The van der Waals surface area contributed by atoms with E-state index < -0.39 is 0 Å². The van der Waals surface area contributed by atoms with Gasteiger partial charge in [0.2, 0.25) is 11.2 Å². The third kappa shape index (κ3) is 1.76. The summed E-state index contributed by atoms with van der Waals surface area (Å²) in [6.45, 7) is 5.25. The molecular formula is C27H20NO+. The Balaban J connectivity index is 1.71. The average Bonchev–Trinajstić information content (AvgIpc) is 2.98. The van der Waals surface area contributed by atoms with Crippen LogP contribution in [0.15, 0.2) is 72.8 Å². The van der Waals surface area contributed by atoms with Crippen LogP contribution in [0.5, 0.6) is 5.75 Å². The van der Waals surface area contributed by atoms with Crippen LogP contribution in [0.2, 0.25) is 0 Å². The molecule has 0 N–H and O–H groups in total. The van der Waals surface area contributed by atoms with Crippen LogP contribution in [-0.4, -0.2) is 0 Å². The smallest absolute Gasteiger partial charge is 0.293 e. The number of pyridine rings is 1. The molecule has 2 nitrogen and oxygen atoms in total. The molecule has 0 spiro atoms. The summed E-state index contributed by atoms with van der Waals surface area (Å²) in [5, 5.41) is 6.35. The second kappa shape index (κ2) is 4.96. The summed E-state index contributed by atoms with van der Waals surface area (Å²) in [7, 11) is 0. The van der Waals surface area contributed by atoms with E-state index >= 15 is 0 Å². The van der Waals surface area contributed by atoms with Crippen molar-refractivity contribution in [1.29, 1.82) is 0 Å². The van der Waals surface area contributed by atoms with E-state index in [-0.39, 0.29) is 5.41 Å². The summed E-state index contributed by atoms with van der Waals surface area (Å²) in [5.41, 5.74) is 6.56. The Bertz CT molecular complexity index is 1530. The molecule has 0 amide bonds. The fourth-order valence-corrected chi connectivity index (χ4v) is 5.50. The van der Waals surface area contributed by atoms with Gasteiger partial charge in [0.15, 0.2) is 0 Å². The minimum absolute atomic E-state index is 0.0654. The van der Waals surface area contributed by atoms with Gasteiger partial charge in [0.05, 0.1) is 10.9 Å². The summed E-state index contributed by atoms with van der Waals surface area (Å²) < 4.78 is 8.84. The molecule has 0 saturated carbocycles. The maximum Gasteiger partial charge on any atom is 0.293 e. The number of benzene rings is 4. The highest BCUT2D eigenvalue weighted by Crippen LogP contribution is 2.55. The van der Waals surface area contributed by atoms with Crippen molar-refractivity contribution in [2.24, 2.45) is 0 Å². The maximum atomic E-state index is 6.45. The van der Waals surface area contributed by atoms with Gasteiger partial charge in [-0.3, -0.25) is 0 Å². The Labute approximate surface area is 169 Å². The van der Waals surface area contributed by atoms with Crippen LogP contribution in [0, 0.1) is 0 Å². The van der Waals surface area contributed by atoms with Crippen LogP contribution in [0.3, 0.4) is 0 Å². The molecule has 5 aromatic rings. The second-order valence-electron chi connectivity index (χ2n) is 8.80. The summed E-state index contributed by atoms with van der Waals surface area (Å²) in [4.78, 5) is 0. The first-order valence-electron chi connectivity index (χ1n) is 10.2. The lowest BCUT2D eigenvalue weighted by atomic mass is 9.81. The van der Waals surface area contributed by atoms with Gasteiger partial charge in [-0.05, 0) is 39.9 Å². The first-order chi connectivity index (χ1) is 14.1. The summed E-state index contributed by atoms with van der Waals surface area (Å²) >= 11 is 0. The molecule has 1 aliphatic carbocycles. The predicted molar refractivity (Wildman–Crippen MR) is 117 cm³/mol. The lowest BCUT2D eigenvalue weighted by molar-refractivity contribution is -0.693. The largest absolute Gasteiger partial charge is 0.434 e. The van der Waals surface area contributed by atoms with E-state index in [0.29, 0.717) is 6.73 Å². The Kier molecular flexibility index (Phi) is 2.65. The number of ether oxygens (including phenoxy) is 1. The number of fused-ring (bicyclic) bond motifs is 6. The van der Waals surface area contributed by atoms with Gasteiger partial charge in [0.25, 0.3) is 6.73 Å². The highest BCUT2D eigenvalue weighted by Gasteiger charge is 2.47. The standard InChI is InChI=1S/C27H20NO/c1-27(2)21-13-17-8-4-6-10-19(17)26-24(21)25-22(27)14-20-18-9-5-3-7-16(18)11-12-23(20)28(25)15-29-26/h3-14H,15H2,1-2H3/q+1. The van der Waals surface area contributed by atoms with E-state index in [0.717, 1.165) is 5.75 Å². The van der Waals surface area contributed by atoms with Gasteiger partial charge < -0.3 is 4.74 Å². The molecule has 138 valence electrons. The molecular weight excluding hydrogens is 354 g/mol. The maximum absolute atomic E-state index is 6.45. The fraction of sp³-hybridized carbons (Fsp3) is 0.148. The summed E-state index contributed by atoms with van der Waals surface area (Å²) in [5.74, 6) is 1.05. The molecule has 1 aromatic heterocycles. The zero-order valence-electron chi connectivity index (χ0n) is 16.5. The van der Waals surface area contributed by atoms with Gasteiger partial charge in [0.1, 0.15) is 5.75 Å². The number of aromatic nitrogens is 1. The third-order valence-electron chi connectivity index (χ3n) is 6.98. The van der Waals surface area contributed by atoms with Crippen LogP contribution >= 0.6 is 0 Å². The van der Waals surface area contributed by atoms with Crippen molar-refractivity contribution in [3.63, 3.8) is 0 Å². The van der Waals surface area contributed by atoms with E-state index in [9.17, 15) is 0 Å². The zero-order chi connectivity index (χ0) is 19.3. The molecule has 0 bridgehead atoms. The van der Waals surface area contributed by atoms with E-state index in [1.165, 1.54) is 54.8 Å². The number of nitrogens with zero attached hydrogens (tertiary/aromatic N) is 1. The predicted octanol–water partition coefficient (Wildman–Crippen LogP) is 6.09. The molecule has 29 heavy (non-hydrogen) atoms. The molecule has 0 unspecified atom stereocenters. The second-order valence-corrected chi connectivity index (χ2v) is 8.80. The molecule has 1 aliphatic heterocycles. The Morgan fingerprint density at radius 2 is 1.52 bits per heavy atom. The van der Waals surface area contributed by atoms with Crippen molar-refractivity contribution < 1.29 is 9.30 Å². The highest BCUT2D eigenvalue weighted by atomic mass is 16.5. The highest BCUT2D eigenvalue weighted by molar-refractivity contribution is 6.07. The van der Waals surface area contributed by atoms with Crippen molar-refractivity contribution in [2.75, 3.05) is 0 Å². The van der Waals surface area contributed by atoms with Gasteiger partial charge >= 0.3 is 0 Å². The van der Waals surface area contributed by atoms with E-state index in [1.54, 1.807) is 0 Å². The van der Waals surface area contributed by atoms with E-state index in [2.05, 4.69) is 91.2 Å². The molecule has 0 saturated heterocycles. The monoisotopic (exact) mass is 374 g/mol. The molecule has 2 aliphatic rings. The third-order valence-corrected chi connectivity index (χ3v) is 6.98. The topological polar surface area (TPSA) is 13.1 Å². The van der Waals surface area contributed by atoms with Gasteiger partial charge in [0, 0.05) is 22.4 Å². The van der Waals surface area contributed by atoms with E-state index in [4.69, 9.17) is 4.74 Å². The lowest BCUT2D eigenvalue weighted by Crippen LogP contribution is -2.43. The van der Waals surface area contributed by atoms with Crippen LogP contribution in [0.1, 0.15) is 25.0 Å². The molecule has 7 rings (SSSR count). The molecule has 0 atom stereocenters. The molecule has 2 heteroatoms. The van der Waals surface area contributed by atoms with Gasteiger partial charge in [-0.25, -0.2) is 0 Å². The molecule has 0 fully saturated rings. The van der Waals surface area contributed by atoms with Gasteiger partial charge in [-0.2, -0.15) is 4.57 Å². The Hall–Kier alpha value is -3.39. The van der Waals surface area contributed by atoms with Crippen LogP contribution < -0.4 is 9.30 Å². The number of hydrogen-bond acceptors (Lipinski definition) is 1. The van der Waals surface area contributed by atoms with Gasteiger partial charge in [-0.15, -0.1) is 0 Å². The Morgan fingerprint density at radius 1 is 0.759 bits per heavy atom. The first kappa shape index (κ1) is 15.5. The average molecular weight is 374 g/mol. The Morgan fingerprint density at radius 3 is 2.38 bits per heavy atom. The first-order valence-corrected chi connectivity index (χ1v) is 10.2. The summed E-state index contributed by atoms with van der Waals surface area (Å²) in [6, 6.07) is 26.5. The number of hydrogen-bond donors (Lipinski definition) is 0. The fourth-order valence-electron chi connectivity index (χ4n) is 5.50. The summed E-state index contributed by atoms with van der Waals surface area (Å²) in [6.07, 6.45) is 0. The minimum atomic E-state index is -0.0654. The van der Waals surface area contributed by atoms with Crippen molar-refractivity contribution in [3.05, 3.63) is 83.9 Å². The van der Waals surface area contributed by atoms with Crippen molar-refractivity contribution in [3.8, 4) is 17.0 Å². The van der Waals surface area contributed by atoms with Crippen molar-refractivity contribution >= 4 is 32.4 Å². The van der Waals surface area contributed by atoms with Crippen LogP contribution in [0.4, 0.5) is 0 Å². The van der Waals surface area contributed by atoms with Gasteiger partial charge in [-0.1, -0.05) is 62.4 Å². The van der Waals surface area contributed by atoms with E-state index in [1.807, 2.05) is 0 Å². The van der Waals surface area contributed by atoms with Crippen molar-refractivity contribution in [1.82, 2.24) is 0 Å². The number of rotatable bonds is 0.